The van der Waals surface area contributed by atoms with E-state index in [1.807, 2.05) is 0 Å². The molecule has 4 nitrogen and oxygen atoms in total. The monoisotopic (exact) mass is 199 g/mol. The Labute approximate surface area is 83.9 Å². The minimum absolute atomic E-state index is 0.212. The third-order valence-electron chi connectivity index (χ3n) is 2.62. The maximum Gasteiger partial charge on any atom is 0.331 e. The number of rotatable bonds is 4. The van der Waals surface area contributed by atoms with Crippen LogP contribution in [0, 0.1) is 5.92 Å². The minimum atomic E-state index is -0.365. The molecule has 1 rings (SSSR count). The van der Waals surface area contributed by atoms with Gasteiger partial charge in [0.1, 0.15) is 0 Å². The summed E-state index contributed by atoms with van der Waals surface area (Å²) in [6.07, 6.45) is 6.20. The third-order valence-corrected chi connectivity index (χ3v) is 2.62. The van der Waals surface area contributed by atoms with Gasteiger partial charge in [-0.2, -0.15) is 0 Å². The Kier molecular flexibility index (Phi) is 4.46. The summed E-state index contributed by atoms with van der Waals surface area (Å²) in [4.78, 5) is 10.7. The molecule has 0 heterocycles. The highest BCUT2D eigenvalue weighted by Crippen LogP contribution is 2.24. The molecule has 0 aromatic rings. The van der Waals surface area contributed by atoms with E-state index in [9.17, 15) is 4.79 Å². The van der Waals surface area contributed by atoms with E-state index in [0.29, 0.717) is 12.0 Å². The summed E-state index contributed by atoms with van der Waals surface area (Å²) in [5.74, 6) is -0.0478. The predicted molar refractivity (Wildman–Crippen MR) is 52.5 cm³/mol. The Morgan fingerprint density at radius 2 is 2.43 bits per heavy atom. The molecule has 0 aliphatic heterocycles. The van der Waals surface area contributed by atoms with Gasteiger partial charge in [0.25, 0.3) is 0 Å². The number of carbonyl (C=O) groups excluding carboxylic acids is 1. The predicted octanol–water partition coefficient (Wildman–Crippen LogP) is 0.424. The molecular weight excluding hydrogens is 182 g/mol. The van der Waals surface area contributed by atoms with Crippen LogP contribution in [-0.4, -0.2) is 30.8 Å². The van der Waals surface area contributed by atoms with Gasteiger partial charge < -0.3 is 15.2 Å². The molecule has 0 radical (unpaired) electrons. The number of aliphatic hydroxyl groups excluding tert-OH is 1. The smallest absolute Gasteiger partial charge is 0.331 e. The Morgan fingerprint density at radius 3 is 3.07 bits per heavy atom. The van der Waals surface area contributed by atoms with E-state index in [2.05, 4.69) is 10.1 Å². The SMILES string of the molecule is COC(=O)/C=C/NC1CCCC1CO. The average Bonchev–Trinajstić information content (AvgIpc) is 2.65. The number of hydrogen-bond acceptors (Lipinski definition) is 4. The van der Waals surface area contributed by atoms with E-state index in [1.54, 1.807) is 6.20 Å². The molecule has 0 bridgehead atoms. The fraction of sp³-hybridized carbons (Fsp3) is 0.700. The summed E-state index contributed by atoms with van der Waals surface area (Å²) < 4.78 is 4.45. The van der Waals surface area contributed by atoms with Crippen molar-refractivity contribution in [3.63, 3.8) is 0 Å². The summed E-state index contributed by atoms with van der Waals surface area (Å²) in [6.45, 7) is 0.212. The zero-order valence-electron chi connectivity index (χ0n) is 8.40. The van der Waals surface area contributed by atoms with E-state index in [-0.39, 0.29) is 12.6 Å². The first-order chi connectivity index (χ1) is 6.77. The number of hydrogen-bond donors (Lipinski definition) is 2. The molecule has 2 N–H and O–H groups in total. The van der Waals surface area contributed by atoms with Gasteiger partial charge in [0, 0.05) is 30.8 Å². The number of ether oxygens (including phenoxy) is 1. The van der Waals surface area contributed by atoms with Gasteiger partial charge in [-0.1, -0.05) is 6.42 Å². The first kappa shape index (κ1) is 11.0. The lowest BCUT2D eigenvalue weighted by molar-refractivity contribution is -0.134. The zero-order chi connectivity index (χ0) is 10.4. The zero-order valence-corrected chi connectivity index (χ0v) is 8.40. The lowest BCUT2D eigenvalue weighted by Gasteiger charge is -2.17. The Bertz CT molecular complexity index is 215. The highest BCUT2D eigenvalue weighted by molar-refractivity contribution is 5.81. The molecule has 0 saturated heterocycles. The van der Waals surface area contributed by atoms with Crippen LogP contribution in [0.15, 0.2) is 12.3 Å². The average molecular weight is 199 g/mol. The van der Waals surface area contributed by atoms with Crippen LogP contribution in [0.25, 0.3) is 0 Å². The van der Waals surface area contributed by atoms with Gasteiger partial charge >= 0.3 is 5.97 Å². The lowest BCUT2D eigenvalue weighted by Crippen LogP contribution is -2.30. The van der Waals surface area contributed by atoms with Gasteiger partial charge in [-0.15, -0.1) is 0 Å². The second-order valence-corrected chi connectivity index (χ2v) is 3.50. The van der Waals surface area contributed by atoms with Crippen LogP contribution in [0.1, 0.15) is 19.3 Å². The number of nitrogens with one attached hydrogen (secondary N) is 1. The van der Waals surface area contributed by atoms with Crippen LogP contribution in [-0.2, 0) is 9.53 Å². The van der Waals surface area contributed by atoms with E-state index in [4.69, 9.17) is 5.11 Å². The molecule has 2 unspecified atom stereocenters. The van der Waals surface area contributed by atoms with Crippen molar-refractivity contribution >= 4 is 5.97 Å². The van der Waals surface area contributed by atoms with Crippen molar-refractivity contribution in [1.82, 2.24) is 5.32 Å². The molecule has 2 atom stereocenters. The fourth-order valence-corrected chi connectivity index (χ4v) is 1.78. The van der Waals surface area contributed by atoms with Crippen LogP contribution in [0.2, 0.25) is 0 Å². The van der Waals surface area contributed by atoms with E-state index >= 15 is 0 Å². The van der Waals surface area contributed by atoms with E-state index in [1.165, 1.54) is 13.2 Å². The molecule has 1 saturated carbocycles. The minimum Gasteiger partial charge on any atom is -0.466 e. The highest BCUT2D eigenvalue weighted by Gasteiger charge is 2.25. The normalized spacial score (nSPS) is 26.7. The third kappa shape index (κ3) is 3.03. The van der Waals surface area contributed by atoms with Crippen molar-refractivity contribution in [3.8, 4) is 0 Å². The van der Waals surface area contributed by atoms with Gasteiger partial charge in [-0.3, -0.25) is 0 Å². The van der Waals surface area contributed by atoms with Crippen molar-refractivity contribution in [1.29, 1.82) is 0 Å². The summed E-state index contributed by atoms with van der Waals surface area (Å²) in [5, 5.41) is 12.1. The molecule has 80 valence electrons. The van der Waals surface area contributed by atoms with Crippen molar-refractivity contribution in [2.75, 3.05) is 13.7 Å². The van der Waals surface area contributed by atoms with Crippen molar-refractivity contribution in [2.24, 2.45) is 5.92 Å². The second-order valence-electron chi connectivity index (χ2n) is 3.50. The van der Waals surface area contributed by atoms with Gasteiger partial charge in [-0.05, 0) is 12.8 Å². The summed E-state index contributed by atoms with van der Waals surface area (Å²) in [5.41, 5.74) is 0. The van der Waals surface area contributed by atoms with Crippen LogP contribution in [0.3, 0.4) is 0 Å². The highest BCUT2D eigenvalue weighted by atomic mass is 16.5. The topological polar surface area (TPSA) is 58.6 Å². The lowest BCUT2D eigenvalue weighted by atomic mass is 10.1. The number of methoxy groups -OCH3 is 1. The van der Waals surface area contributed by atoms with E-state index < -0.39 is 0 Å². The summed E-state index contributed by atoms with van der Waals surface area (Å²) in [6, 6.07) is 0.293. The quantitative estimate of drug-likeness (QED) is 0.509. The van der Waals surface area contributed by atoms with Crippen molar-refractivity contribution in [2.45, 2.75) is 25.3 Å². The number of esters is 1. The van der Waals surface area contributed by atoms with Crippen LogP contribution in [0.5, 0.6) is 0 Å². The van der Waals surface area contributed by atoms with Gasteiger partial charge in [0.05, 0.1) is 7.11 Å². The van der Waals surface area contributed by atoms with Crippen LogP contribution < -0.4 is 5.32 Å². The standard InChI is InChI=1S/C10H17NO3/c1-14-10(13)5-6-11-9-4-2-3-8(9)7-12/h5-6,8-9,11-12H,2-4,7H2,1H3/b6-5+. The Hall–Kier alpha value is -1.03. The van der Waals surface area contributed by atoms with Gasteiger partial charge in [0.15, 0.2) is 0 Å². The van der Waals surface area contributed by atoms with Gasteiger partial charge in [0.2, 0.25) is 0 Å². The first-order valence-electron chi connectivity index (χ1n) is 4.89. The summed E-state index contributed by atoms with van der Waals surface area (Å²) >= 11 is 0. The molecule has 4 heteroatoms. The van der Waals surface area contributed by atoms with Crippen molar-refractivity contribution < 1.29 is 14.6 Å². The van der Waals surface area contributed by atoms with Crippen LogP contribution in [0.4, 0.5) is 0 Å². The largest absolute Gasteiger partial charge is 0.466 e. The Morgan fingerprint density at radius 1 is 1.64 bits per heavy atom. The maximum atomic E-state index is 10.7. The fourth-order valence-electron chi connectivity index (χ4n) is 1.78. The molecule has 1 aliphatic rings. The Balaban J connectivity index is 2.30. The molecule has 14 heavy (non-hydrogen) atoms. The van der Waals surface area contributed by atoms with E-state index in [0.717, 1.165) is 19.3 Å². The molecular formula is C10H17NO3. The van der Waals surface area contributed by atoms with Crippen molar-refractivity contribution in [3.05, 3.63) is 12.3 Å². The second kappa shape index (κ2) is 5.65. The first-order valence-corrected chi connectivity index (χ1v) is 4.89. The number of aliphatic hydroxyl groups is 1. The molecule has 0 spiro atoms. The number of carbonyl (C=O) groups is 1. The summed E-state index contributed by atoms with van der Waals surface area (Å²) in [7, 11) is 1.35. The molecule has 0 amide bonds. The molecule has 1 aliphatic carbocycles. The maximum absolute atomic E-state index is 10.7. The molecule has 0 aromatic carbocycles. The van der Waals surface area contributed by atoms with Gasteiger partial charge in [-0.25, -0.2) is 4.79 Å². The molecule has 1 fully saturated rings. The van der Waals surface area contributed by atoms with Crippen LogP contribution >= 0.6 is 0 Å². The molecule has 0 aromatic heterocycles.